The molecule has 0 bridgehead atoms. The summed E-state index contributed by atoms with van der Waals surface area (Å²) in [6.07, 6.45) is 0.885. The van der Waals surface area contributed by atoms with Gasteiger partial charge in [-0.05, 0) is 25.8 Å². The predicted octanol–water partition coefficient (Wildman–Crippen LogP) is 1.50. The molecule has 146 valence electrons. The molecule has 4 amide bonds. The van der Waals surface area contributed by atoms with Crippen LogP contribution in [-0.2, 0) is 9.59 Å². The van der Waals surface area contributed by atoms with E-state index in [2.05, 4.69) is 10.3 Å². The molecule has 10 nitrogen and oxygen atoms in total. The maximum absolute atomic E-state index is 12.4. The van der Waals surface area contributed by atoms with Crippen LogP contribution >= 0.6 is 11.8 Å². The van der Waals surface area contributed by atoms with E-state index in [1.165, 1.54) is 30.0 Å². The highest BCUT2D eigenvalue weighted by Gasteiger charge is 2.40. The Kier molecular flexibility index (Phi) is 5.54. The number of aliphatic imine (C=N–C) groups is 1. The van der Waals surface area contributed by atoms with Gasteiger partial charge in [0.15, 0.2) is 5.17 Å². The average molecular weight is 404 g/mol. The molecule has 0 unspecified atom stereocenters. The zero-order valence-electron chi connectivity index (χ0n) is 14.8. The predicted molar refractivity (Wildman–Crippen MR) is 100.0 cm³/mol. The van der Waals surface area contributed by atoms with E-state index in [4.69, 9.17) is 0 Å². The number of unbranched alkanes of at least 4 members (excludes halogenated alkanes) is 1. The Balaban J connectivity index is 1.51. The highest BCUT2D eigenvalue weighted by atomic mass is 32.2. The number of benzene rings is 1. The van der Waals surface area contributed by atoms with E-state index in [1.807, 2.05) is 0 Å². The van der Waals surface area contributed by atoms with Crippen LogP contribution in [0.2, 0.25) is 0 Å². The molecule has 3 rings (SSSR count). The van der Waals surface area contributed by atoms with E-state index >= 15 is 0 Å². The summed E-state index contributed by atoms with van der Waals surface area (Å²) in [5.74, 6) is -1.87. The molecule has 0 aliphatic carbocycles. The Morgan fingerprint density at radius 1 is 1.29 bits per heavy atom. The van der Waals surface area contributed by atoms with Crippen molar-refractivity contribution in [2.75, 3.05) is 6.54 Å². The van der Waals surface area contributed by atoms with Gasteiger partial charge in [0, 0.05) is 19.0 Å². The Labute approximate surface area is 163 Å². The summed E-state index contributed by atoms with van der Waals surface area (Å²) in [5.41, 5.74) is -0.561. The minimum absolute atomic E-state index is 0.0204. The Morgan fingerprint density at radius 2 is 2.04 bits per heavy atom. The molecule has 2 aliphatic rings. The summed E-state index contributed by atoms with van der Waals surface area (Å²) in [4.78, 5) is 63.1. The number of amidine groups is 1. The second-order valence-electron chi connectivity index (χ2n) is 6.24. The summed E-state index contributed by atoms with van der Waals surface area (Å²) in [6, 6.07) is 3.94. The number of carbonyl (C=O) groups is 4. The maximum atomic E-state index is 12.4. The summed E-state index contributed by atoms with van der Waals surface area (Å²) < 4.78 is 0. The van der Waals surface area contributed by atoms with Crippen LogP contribution in [0.3, 0.4) is 0 Å². The Bertz CT molecular complexity index is 928. The van der Waals surface area contributed by atoms with Crippen molar-refractivity contribution in [3.05, 3.63) is 39.4 Å². The number of nitrogens with one attached hydrogen (secondary N) is 1. The average Bonchev–Trinajstić information content (AvgIpc) is 3.08. The van der Waals surface area contributed by atoms with Crippen molar-refractivity contribution in [1.29, 1.82) is 0 Å². The number of hydrogen-bond donors (Lipinski definition) is 1. The number of hydrogen-bond acceptors (Lipinski definition) is 7. The fraction of sp³-hybridized carbons (Fsp3) is 0.353. The van der Waals surface area contributed by atoms with Crippen LogP contribution in [0.15, 0.2) is 23.2 Å². The van der Waals surface area contributed by atoms with E-state index < -0.39 is 22.4 Å². The topological polar surface area (TPSA) is 139 Å². The van der Waals surface area contributed by atoms with Crippen molar-refractivity contribution < 1.29 is 24.1 Å². The van der Waals surface area contributed by atoms with Crippen molar-refractivity contribution in [2.24, 2.45) is 4.99 Å². The first-order valence-electron chi connectivity index (χ1n) is 8.52. The van der Waals surface area contributed by atoms with Crippen LogP contribution in [0.4, 0.5) is 5.69 Å². The second-order valence-corrected chi connectivity index (χ2v) is 7.57. The zero-order chi connectivity index (χ0) is 20.4. The lowest BCUT2D eigenvalue weighted by atomic mass is 10.1. The first kappa shape index (κ1) is 19.7. The van der Waals surface area contributed by atoms with Crippen LogP contribution in [0.1, 0.15) is 46.9 Å². The highest BCUT2D eigenvalue weighted by molar-refractivity contribution is 8.15. The number of nitrogens with zero attached hydrogens (tertiary/aromatic N) is 3. The van der Waals surface area contributed by atoms with Crippen LogP contribution in [0, 0.1) is 10.1 Å². The summed E-state index contributed by atoms with van der Waals surface area (Å²) in [6.45, 7) is 1.75. The molecule has 1 aromatic rings. The zero-order valence-corrected chi connectivity index (χ0v) is 15.7. The molecule has 11 heteroatoms. The van der Waals surface area contributed by atoms with E-state index in [-0.39, 0.29) is 46.3 Å². The summed E-state index contributed by atoms with van der Waals surface area (Å²) in [5, 5.41) is 13.6. The summed E-state index contributed by atoms with van der Waals surface area (Å²) in [7, 11) is 0. The van der Waals surface area contributed by atoms with Crippen molar-refractivity contribution in [3.63, 3.8) is 0 Å². The molecule has 0 saturated carbocycles. The van der Waals surface area contributed by atoms with Gasteiger partial charge in [-0.2, -0.15) is 4.99 Å². The van der Waals surface area contributed by atoms with E-state index in [0.29, 0.717) is 12.8 Å². The second kappa shape index (κ2) is 7.89. The van der Waals surface area contributed by atoms with Gasteiger partial charge < -0.3 is 5.32 Å². The van der Waals surface area contributed by atoms with Crippen molar-refractivity contribution in [1.82, 2.24) is 10.2 Å². The minimum atomic E-state index is -0.694. The monoisotopic (exact) mass is 404 g/mol. The smallest absolute Gasteiger partial charge is 0.282 e. The molecule has 0 radical (unpaired) electrons. The quantitative estimate of drug-likeness (QED) is 0.328. The van der Waals surface area contributed by atoms with Crippen LogP contribution < -0.4 is 5.32 Å². The summed E-state index contributed by atoms with van der Waals surface area (Å²) >= 11 is 1.17. The van der Waals surface area contributed by atoms with Crippen LogP contribution in [0.5, 0.6) is 0 Å². The van der Waals surface area contributed by atoms with Crippen molar-refractivity contribution in [2.45, 2.75) is 31.4 Å². The molecule has 1 N–H and O–H groups in total. The number of thioether (sulfide) groups is 1. The molecule has 1 atom stereocenters. The number of nitro benzene ring substituents is 1. The van der Waals surface area contributed by atoms with Crippen LogP contribution in [0.25, 0.3) is 0 Å². The third kappa shape index (κ3) is 3.79. The fourth-order valence-corrected chi connectivity index (χ4v) is 3.70. The van der Waals surface area contributed by atoms with Gasteiger partial charge in [0.1, 0.15) is 5.56 Å². The van der Waals surface area contributed by atoms with Gasteiger partial charge in [-0.3, -0.25) is 34.2 Å². The molecule has 28 heavy (non-hydrogen) atoms. The van der Waals surface area contributed by atoms with Gasteiger partial charge in [0.2, 0.25) is 5.91 Å². The number of carbonyl (C=O) groups excluding carboxylic acids is 4. The molecule has 0 saturated heterocycles. The standard InChI is InChI=1S/C17H16N4O6S/c1-9-14(23)19-17(28-9)18-12(22)7-2-3-8-20-15(24)10-5-4-6-11(21(26)27)13(10)16(20)25/h4-6,9H,2-3,7-8H2,1H3,(H,18,19,22,23)/t9-/m1/s1. The number of nitro groups is 1. The largest absolute Gasteiger partial charge is 0.305 e. The maximum Gasteiger partial charge on any atom is 0.282 e. The molecular formula is C17H16N4O6S. The Morgan fingerprint density at radius 3 is 2.68 bits per heavy atom. The molecule has 2 heterocycles. The van der Waals surface area contributed by atoms with Crippen molar-refractivity contribution >= 4 is 46.2 Å². The lowest BCUT2D eigenvalue weighted by molar-refractivity contribution is -0.385. The third-order valence-electron chi connectivity index (χ3n) is 4.30. The number of fused-ring (bicyclic) bond motifs is 1. The first-order chi connectivity index (χ1) is 13.3. The van der Waals surface area contributed by atoms with Crippen molar-refractivity contribution in [3.8, 4) is 0 Å². The first-order valence-corrected chi connectivity index (χ1v) is 9.40. The molecular weight excluding hydrogens is 388 g/mol. The van der Waals surface area contributed by atoms with Gasteiger partial charge in [-0.15, -0.1) is 0 Å². The minimum Gasteiger partial charge on any atom is -0.305 e. The van der Waals surface area contributed by atoms with E-state index in [9.17, 15) is 29.3 Å². The normalized spacial score (nSPS) is 18.3. The number of rotatable bonds is 6. The molecule has 1 aromatic carbocycles. The third-order valence-corrected chi connectivity index (χ3v) is 5.28. The highest BCUT2D eigenvalue weighted by Crippen LogP contribution is 2.30. The number of amides is 4. The molecule has 0 fully saturated rings. The van der Waals surface area contributed by atoms with E-state index in [0.717, 1.165) is 4.90 Å². The van der Waals surface area contributed by atoms with Gasteiger partial charge in [0.25, 0.3) is 23.4 Å². The van der Waals surface area contributed by atoms with Gasteiger partial charge in [-0.1, -0.05) is 17.8 Å². The lowest BCUT2D eigenvalue weighted by Gasteiger charge is -2.13. The fourth-order valence-electron chi connectivity index (χ4n) is 2.90. The molecule has 0 aromatic heterocycles. The molecule has 0 spiro atoms. The van der Waals surface area contributed by atoms with Crippen LogP contribution in [-0.4, -0.2) is 50.4 Å². The molecule has 2 aliphatic heterocycles. The SMILES string of the molecule is C[C@H]1SC(NC(=O)CCCCN2C(=O)c3cccc([N+](=O)[O-])c3C2=O)=NC1=O. The van der Waals surface area contributed by atoms with Gasteiger partial charge >= 0.3 is 0 Å². The lowest BCUT2D eigenvalue weighted by Crippen LogP contribution is -2.31. The number of imide groups is 1. The Hall–Kier alpha value is -3.08. The van der Waals surface area contributed by atoms with Gasteiger partial charge in [0.05, 0.1) is 15.7 Å². The van der Waals surface area contributed by atoms with E-state index in [1.54, 1.807) is 6.92 Å². The van der Waals surface area contributed by atoms with Gasteiger partial charge in [-0.25, -0.2) is 0 Å².